The van der Waals surface area contributed by atoms with Gasteiger partial charge in [-0.15, -0.1) is 11.8 Å². The molecule has 0 atom stereocenters. The summed E-state index contributed by atoms with van der Waals surface area (Å²) in [6, 6.07) is 11.3. The van der Waals surface area contributed by atoms with Crippen LogP contribution in [-0.2, 0) is 20.9 Å². The molecule has 8 nitrogen and oxygen atoms in total. The van der Waals surface area contributed by atoms with Gasteiger partial charge in [0, 0.05) is 11.3 Å². The van der Waals surface area contributed by atoms with E-state index in [-0.39, 0.29) is 12.5 Å². The minimum atomic E-state index is -0.454. The van der Waals surface area contributed by atoms with E-state index in [0.717, 1.165) is 21.1 Å². The number of fused-ring (bicyclic) bond motifs is 1. The number of carbonyl (C=O) groups is 2. The van der Waals surface area contributed by atoms with Gasteiger partial charge in [0.05, 0.1) is 28.4 Å². The maximum absolute atomic E-state index is 12.6. The molecule has 2 aromatic carbocycles. The molecule has 0 aliphatic rings. The zero-order chi connectivity index (χ0) is 23.8. The van der Waals surface area contributed by atoms with E-state index in [0.29, 0.717) is 34.7 Å². The summed E-state index contributed by atoms with van der Waals surface area (Å²) in [6.45, 7) is -0.0978. The maximum atomic E-state index is 12.6. The first-order valence-electron chi connectivity index (χ1n) is 10.2. The molecule has 10 heteroatoms. The Morgan fingerprint density at radius 1 is 0.970 bits per heavy atom. The molecule has 0 saturated carbocycles. The Morgan fingerprint density at radius 2 is 1.67 bits per heavy atom. The summed E-state index contributed by atoms with van der Waals surface area (Å²) >= 11 is 2.94. The number of rotatable bonds is 10. The number of amides is 1. The van der Waals surface area contributed by atoms with Crippen molar-refractivity contribution >= 4 is 45.2 Å². The Labute approximate surface area is 200 Å². The Kier molecular flexibility index (Phi) is 8.79. The number of thiazole rings is 1. The van der Waals surface area contributed by atoms with Gasteiger partial charge in [0.1, 0.15) is 34.0 Å². The number of methoxy groups -OCH3 is 4. The van der Waals surface area contributed by atoms with Gasteiger partial charge in [0.25, 0.3) is 0 Å². The van der Waals surface area contributed by atoms with Gasteiger partial charge in [-0.25, -0.2) is 0 Å². The van der Waals surface area contributed by atoms with E-state index < -0.39 is 5.97 Å². The normalized spacial score (nSPS) is 11.5. The number of carbonyl (C=O) groups excluding carboxylic acids is 2. The summed E-state index contributed by atoms with van der Waals surface area (Å²) in [7, 11) is 6.06. The van der Waals surface area contributed by atoms with E-state index >= 15 is 0 Å². The third-order valence-electron chi connectivity index (χ3n) is 4.79. The van der Waals surface area contributed by atoms with Crippen molar-refractivity contribution in [3.63, 3.8) is 0 Å². The molecule has 0 radical (unpaired) electrons. The average Bonchev–Trinajstić information content (AvgIpc) is 3.19. The van der Waals surface area contributed by atoms with Gasteiger partial charge in [-0.1, -0.05) is 11.3 Å². The summed E-state index contributed by atoms with van der Waals surface area (Å²) in [6.07, 6.45) is 0.970. The van der Waals surface area contributed by atoms with Gasteiger partial charge in [0.2, 0.25) is 5.91 Å². The zero-order valence-electron chi connectivity index (χ0n) is 19.0. The van der Waals surface area contributed by atoms with Gasteiger partial charge in [-0.05, 0) is 48.6 Å². The van der Waals surface area contributed by atoms with Crippen molar-refractivity contribution in [2.24, 2.45) is 4.99 Å². The lowest BCUT2D eigenvalue weighted by molar-refractivity contribution is -0.141. The average molecular weight is 491 g/mol. The lowest BCUT2D eigenvalue weighted by atomic mass is 10.3. The van der Waals surface area contributed by atoms with Crippen molar-refractivity contribution < 1.29 is 28.5 Å². The Morgan fingerprint density at radius 3 is 2.30 bits per heavy atom. The van der Waals surface area contributed by atoms with E-state index in [1.54, 1.807) is 49.8 Å². The van der Waals surface area contributed by atoms with E-state index in [9.17, 15) is 9.59 Å². The summed E-state index contributed by atoms with van der Waals surface area (Å²) in [5, 5.41) is 0. The highest BCUT2D eigenvalue weighted by atomic mass is 32.2. The van der Waals surface area contributed by atoms with Crippen LogP contribution in [-0.4, -0.2) is 50.6 Å². The number of benzene rings is 2. The molecule has 3 aromatic rings. The number of hydrogen-bond acceptors (Lipinski definition) is 8. The summed E-state index contributed by atoms with van der Waals surface area (Å²) in [4.78, 5) is 30.5. The SMILES string of the molecule is COC(=O)Cn1c(=NC(=O)CCCSc2ccc(OC)cc2)sc2c(OC)ccc(OC)c21. The fraction of sp³-hybridized carbons (Fsp3) is 0.348. The first-order valence-corrected chi connectivity index (χ1v) is 12.0. The van der Waals surface area contributed by atoms with Crippen LogP contribution in [0, 0.1) is 0 Å². The fourth-order valence-corrected chi connectivity index (χ4v) is 5.14. The molecule has 0 saturated heterocycles. The summed E-state index contributed by atoms with van der Waals surface area (Å²) in [5.74, 6) is 2.04. The van der Waals surface area contributed by atoms with Crippen LogP contribution >= 0.6 is 23.1 Å². The smallest absolute Gasteiger partial charge is 0.325 e. The first kappa shape index (κ1) is 24.7. The minimum Gasteiger partial charge on any atom is -0.497 e. The fourth-order valence-electron chi connectivity index (χ4n) is 3.13. The number of thioether (sulfide) groups is 1. The molecule has 0 N–H and O–H groups in total. The molecule has 176 valence electrons. The van der Waals surface area contributed by atoms with E-state index in [2.05, 4.69) is 4.99 Å². The molecule has 1 heterocycles. The monoisotopic (exact) mass is 490 g/mol. The molecule has 0 fully saturated rings. The highest BCUT2D eigenvalue weighted by Gasteiger charge is 2.18. The molecule has 1 aromatic heterocycles. The van der Waals surface area contributed by atoms with Crippen LogP contribution in [0.25, 0.3) is 10.2 Å². The second-order valence-corrected chi connectivity index (χ2v) is 8.97. The second kappa shape index (κ2) is 11.8. The van der Waals surface area contributed by atoms with Crippen LogP contribution in [0.2, 0.25) is 0 Å². The number of ether oxygens (including phenoxy) is 4. The molecular formula is C23H26N2O6S2. The third-order valence-corrected chi connectivity index (χ3v) is 6.98. The van der Waals surface area contributed by atoms with Crippen LogP contribution in [0.3, 0.4) is 0 Å². The number of aromatic nitrogens is 1. The lowest BCUT2D eigenvalue weighted by Gasteiger charge is -2.09. The number of esters is 1. The van der Waals surface area contributed by atoms with Crippen molar-refractivity contribution in [3.8, 4) is 17.2 Å². The predicted molar refractivity (Wildman–Crippen MR) is 128 cm³/mol. The summed E-state index contributed by atoms with van der Waals surface area (Å²) < 4.78 is 23.3. The predicted octanol–water partition coefficient (Wildman–Crippen LogP) is 3.90. The molecule has 33 heavy (non-hydrogen) atoms. The van der Waals surface area contributed by atoms with E-state index in [1.807, 2.05) is 24.3 Å². The van der Waals surface area contributed by atoms with Crippen molar-refractivity contribution in [1.29, 1.82) is 0 Å². The van der Waals surface area contributed by atoms with Gasteiger partial charge < -0.3 is 23.5 Å². The lowest BCUT2D eigenvalue weighted by Crippen LogP contribution is -2.22. The highest BCUT2D eigenvalue weighted by Crippen LogP contribution is 2.35. The van der Waals surface area contributed by atoms with Crippen LogP contribution in [0.1, 0.15) is 12.8 Å². The molecule has 0 spiro atoms. The van der Waals surface area contributed by atoms with Crippen LogP contribution < -0.4 is 19.0 Å². The molecular weight excluding hydrogens is 464 g/mol. The van der Waals surface area contributed by atoms with Crippen LogP contribution in [0.4, 0.5) is 0 Å². The first-order chi connectivity index (χ1) is 16.0. The topological polar surface area (TPSA) is 88.4 Å². The molecule has 0 aliphatic heterocycles. The van der Waals surface area contributed by atoms with E-state index in [4.69, 9.17) is 18.9 Å². The largest absolute Gasteiger partial charge is 0.497 e. The Balaban J connectivity index is 1.80. The van der Waals surface area contributed by atoms with Crippen molar-refractivity contribution in [3.05, 3.63) is 41.2 Å². The molecule has 0 aliphatic carbocycles. The third kappa shape index (κ3) is 6.08. The van der Waals surface area contributed by atoms with E-state index in [1.165, 1.54) is 18.4 Å². The maximum Gasteiger partial charge on any atom is 0.325 e. The van der Waals surface area contributed by atoms with Crippen molar-refractivity contribution in [2.75, 3.05) is 34.2 Å². The van der Waals surface area contributed by atoms with Crippen LogP contribution in [0.15, 0.2) is 46.3 Å². The van der Waals surface area contributed by atoms with Gasteiger partial charge >= 0.3 is 5.97 Å². The zero-order valence-corrected chi connectivity index (χ0v) is 20.6. The highest BCUT2D eigenvalue weighted by molar-refractivity contribution is 7.99. The minimum absolute atomic E-state index is 0.0978. The second-order valence-electron chi connectivity index (χ2n) is 6.83. The standard InChI is InChI=1S/C23H26N2O6S2/c1-28-15-7-9-16(10-8-15)32-13-5-6-19(26)24-23-25(14-20(27)31-4)21-17(29-2)11-12-18(30-3)22(21)33-23/h7-12H,5-6,13-14H2,1-4H3. The number of nitrogens with zero attached hydrogens (tertiary/aromatic N) is 2. The van der Waals surface area contributed by atoms with Gasteiger partial charge in [0.15, 0.2) is 4.80 Å². The van der Waals surface area contributed by atoms with Gasteiger partial charge in [-0.3, -0.25) is 9.59 Å². The van der Waals surface area contributed by atoms with Crippen molar-refractivity contribution in [1.82, 2.24) is 4.57 Å². The molecule has 1 amide bonds. The Hall–Kier alpha value is -2.98. The molecule has 0 unspecified atom stereocenters. The molecule has 3 rings (SSSR count). The summed E-state index contributed by atoms with van der Waals surface area (Å²) in [5.41, 5.74) is 0.633. The molecule has 0 bridgehead atoms. The number of hydrogen-bond donors (Lipinski definition) is 0. The van der Waals surface area contributed by atoms with Gasteiger partial charge in [-0.2, -0.15) is 4.99 Å². The quantitative estimate of drug-likeness (QED) is 0.242. The Bertz CT molecular complexity index is 1180. The van der Waals surface area contributed by atoms with Crippen LogP contribution in [0.5, 0.6) is 17.2 Å². The van der Waals surface area contributed by atoms with Crippen molar-refractivity contribution in [2.45, 2.75) is 24.3 Å².